The van der Waals surface area contributed by atoms with E-state index in [4.69, 9.17) is 22.1 Å². The van der Waals surface area contributed by atoms with Crippen LogP contribution in [0.15, 0.2) is 36.4 Å². The van der Waals surface area contributed by atoms with Crippen LogP contribution in [-0.4, -0.2) is 7.11 Å². The number of halogens is 1. The molecule has 0 unspecified atom stereocenters. The molecule has 0 saturated heterocycles. The third-order valence-electron chi connectivity index (χ3n) is 2.94. The van der Waals surface area contributed by atoms with Gasteiger partial charge in [0.1, 0.15) is 5.75 Å². The Balaban J connectivity index is 2.54. The average molecular weight is 262 g/mol. The average Bonchev–Trinajstić information content (AvgIpc) is 2.38. The summed E-state index contributed by atoms with van der Waals surface area (Å²) in [5, 5.41) is 0.693. The normalized spacial score (nSPS) is 10.4. The summed E-state index contributed by atoms with van der Waals surface area (Å²) in [6, 6.07) is 12.0. The molecule has 2 aromatic rings. The molecule has 0 spiro atoms. The molecule has 0 fully saturated rings. The van der Waals surface area contributed by atoms with E-state index in [2.05, 4.69) is 13.0 Å². The Hall–Kier alpha value is -1.51. The number of methoxy groups -OCH3 is 1. The Morgan fingerprint density at radius 2 is 1.94 bits per heavy atom. The zero-order valence-electron chi connectivity index (χ0n) is 10.5. The molecule has 2 nitrogen and oxygen atoms in total. The van der Waals surface area contributed by atoms with Crippen LogP contribution in [0.5, 0.6) is 5.75 Å². The highest BCUT2D eigenvalue weighted by molar-refractivity contribution is 6.31. The second-order valence-corrected chi connectivity index (χ2v) is 4.62. The van der Waals surface area contributed by atoms with Gasteiger partial charge in [-0.15, -0.1) is 0 Å². The fourth-order valence-electron chi connectivity index (χ4n) is 1.93. The standard InChI is InChI=1S/C15H16ClNO/c1-10-3-6-15(18-2)13(7-10)11-4-5-12(9-17)14(16)8-11/h3-8H,9,17H2,1-2H3. The third-order valence-corrected chi connectivity index (χ3v) is 3.29. The summed E-state index contributed by atoms with van der Waals surface area (Å²) < 4.78 is 5.38. The lowest BCUT2D eigenvalue weighted by Crippen LogP contribution is -1.97. The van der Waals surface area contributed by atoms with Gasteiger partial charge in [0.25, 0.3) is 0 Å². The highest BCUT2D eigenvalue weighted by Crippen LogP contribution is 2.33. The zero-order valence-corrected chi connectivity index (χ0v) is 11.3. The predicted molar refractivity (Wildman–Crippen MR) is 76.1 cm³/mol. The van der Waals surface area contributed by atoms with Gasteiger partial charge in [0, 0.05) is 17.1 Å². The van der Waals surface area contributed by atoms with Gasteiger partial charge in [-0.25, -0.2) is 0 Å². The van der Waals surface area contributed by atoms with Crippen LogP contribution < -0.4 is 10.5 Å². The number of nitrogens with two attached hydrogens (primary N) is 1. The second-order valence-electron chi connectivity index (χ2n) is 4.21. The molecule has 0 amide bonds. The molecule has 0 aliphatic heterocycles. The zero-order chi connectivity index (χ0) is 13.1. The molecule has 0 atom stereocenters. The van der Waals surface area contributed by atoms with Gasteiger partial charge in [0.05, 0.1) is 7.11 Å². The number of hydrogen-bond donors (Lipinski definition) is 1. The van der Waals surface area contributed by atoms with Crippen molar-refractivity contribution in [1.29, 1.82) is 0 Å². The van der Waals surface area contributed by atoms with Gasteiger partial charge in [-0.1, -0.05) is 35.4 Å². The van der Waals surface area contributed by atoms with Crippen LogP contribution in [0.1, 0.15) is 11.1 Å². The summed E-state index contributed by atoms with van der Waals surface area (Å²) in [6.07, 6.45) is 0. The van der Waals surface area contributed by atoms with Gasteiger partial charge in [0.2, 0.25) is 0 Å². The first-order chi connectivity index (χ1) is 8.65. The molecule has 0 aliphatic carbocycles. The van der Waals surface area contributed by atoms with Crippen molar-refractivity contribution in [2.45, 2.75) is 13.5 Å². The molecular formula is C15H16ClNO. The van der Waals surface area contributed by atoms with Crippen molar-refractivity contribution in [3.8, 4) is 16.9 Å². The molecule has 2 aromatic carbocycles. The van der Waals surface area contributed by atoms with Crippen molar-refractivity contribution in [2.24, 2.45) is 5.73 Å². The van der Waals surface area contributed by atoms with E-state index in [1.165, 1.54) is 5.56 Å². The predicted octanol–water partition coefficient (Wildman–Crippen LogP) is 3.78. The third kappa shape index (κ3) is 2.50. The molecule has 0 aromatic heterocycles. The number of ether oxygens (including phenoxy) is 1. The van der Waals surface area contributed by atoms with E-state index in [0.29, 0.717) is 11.6 Å². The van der Waals surface area contributed by atoms with Gasteiger partial charge < -0.3 is 10.5 Å². The topological polar surface area (TPSA) is 35.2 Å². The Labute approximate surface area is 112 Å². The van der Waals surface area contributed by atoms with E-state index in [9.17, 15) is 0 Å². The fourth-order valence-corrected chi connectivity index (χ4v) is 2.19. The summed E-state index contributed by atoms with van der Waals surface area (Å²) >= 11 is 6.19. The number of rotatable bonds is 3. The van der Waals surface area contributed by atoms with Crippen LogP contribution in [0.4, 0.5) is 0 Å². The van der Waals surface area contributed by atoms with Crippen molar-refractivity contribution in [1.82, 2.24) is 0 Å². The Morgan fingerprint density at radius 1 is 1.17 bits per heavy atom. The molecule has 18 heavy (non-hydrogen) atoms. The highest BCUT2D eigenvalue weighted by atomic mass is 35.5. The number of aryl methyl sites for hydroxylation is 1. The molecule has 3 heteroatoms. The Kier molecular flexibility index (Phi) is 3.90. The summed E-state index contributed by atoms with van der Waals surface area (Å²) in [7, 11) is 1.67. The van der Waals surface area contributed by atoms with Crippen LogP contribution in [0, 0.1) is 6.92 Å². The Bertz CT molecular complexity index is 566. The van der Waals surface area contributed by atoms with Crippen LogP contribution in [0.3, 0.4) is 0 Å². The minimum Gasteiger partial charge on any atom is -0.496 e. The molecule has 0 bridgehead atoms. The van der Waals surface area contributed by atoms with Crippen molar-refractivity contribution in [2.75, 3.05) is 7.11 Å². The first kappa shape index (κ1) is 12.9. The fraction of sp³-hybridized carbons (Fsp3) is 0.200. The molecule has 0 radical (unpaired) electrons. The van der Waals surface area contributed by atoms with Crippen molar-refractivity contribution in [3.05, 3.63) is 52.5 Å². The van der Waals surface area contributed by atoms with Crippen LogP contribution in [0.25, 0.3) is 11.1 Å². The maximum atomic E-state index is 6.19. The molecule has 2 rings (SSSR count). The first-order valence-electron chi connectivity index (χ1n) is 5.79. The van der Waals surface area contributed by atoms with Gasteiger partial charge >= 0.3 is 0 Å². The van der Waals surface area contributed by atoms with E-state index >= 15 is 0 Å². The van der Waals surface area contributed by atoms with Crippen LogP contribution in [-0.2, 0) is 6.54 Å². The Morgan fingerprint density at radius 3 is 2.56 bits per heavy atom. The summed E-state index contributed by atoms with van der Waals surface area (Å²) in [5.41, 5.74) is 9.83. The van der Waals surface area contributed by atoms with E-state index in [1.807, 2.05) is 30.3 Å². The highest BCUT2D eigenvalue weighted by Gasteiger charge is 2.08. The lowest BCUT2D eigenvalue weighted by Gasteiger charge is -2.11. The number of hydrogen-bond acceptors (Lipinski definition) is 2. The summed E-state index contributed by atoms with van der Waals surface area (Å²) in [6.45, 7) is 2.50. The summed E-state index contributed by atoms with van der Waals surface area (Å²) in [5.74, 6) is 0.845. The molecule has 94 valence electrons. The minimum atomic E-state index is 0.448. The largest absolute Gasteiger partial charge is 0.496 e. The van der Waals surface area contributed by atoms with Gasteiger partial charge in [-0.05, 0) is 36.2 Å². The second kappa shape index (κ2) is 5.42. The molecule has 0 heterocycles. The molecule has 2 N–H and O–H groups in total. The van der Waals surface area contributed by atoms with E-state index in [0.717, 1.165) is 22.4 Å². The van der Waals surface area contributed by atoms with Crippen molar-refractivity contribution >= 4 is 11.6 Å². The smallest absolute Gasteiger partial charge is 0.126 e. The van der Waals surface area contributed by atoms with E-state index in [1.54, 1.807) is 7.11 Å². The lowest BCUT2D eigenvalue weighted by atomic mass is 10.0. The van der Waals surface area contributed by atoms with Gasteiger partial charge in [-0.3, -0.25) is 0 Å². The molecule has 0 aliphatic rings. The lowest BCUT2D eigenvalue weighted by molar-refractivity contribution is 0.416. The molecular weight excluding hydrogens is 246 g/mol. The van der Waals surface area contributed by atoms with Gasteiger partial charge in [0.15, 0.2) is 0 Å². The van der Waals surface area contributed by atoms with Crippen LogP contribution >= 0.6 is 11.6 Å². The maximum Gasteiger partial charge on any atom is 0.126 e. The first-order valence-corrected chi connectivity index (χ1v) is 6.17. The summed E-state index contributed by atoms with van der Waals surface area (Å²) in [4.78, 5) is 0. The van der Waals surface area contributed by atoms with Crippen molar-refractivity contribution in [3.63, 3.8) is 0 Å². The van der Waals surface area contributed by atoms with Gasteiger partial charge in [-0.2, -0.15) is 0 Å². The number of benzene rings is 2. The van der Waals surface area contributed by atoms with E-state index in [-0.39, 0.29) is 0 Å². The molecule has 0 saturated carbocycles. The van der Waals surface area contributed by atoms with Crippen LogP contribution in [0.2, 0.25) is 5.02 Å². The minimum absolute atomic E-state index is 0.448. The van der Waals surface area contributed by atoms with Crippen molar-refractivity contribution < 1.29 is 4.74 Å². The SMILES string of the molecule is COc1ccc(C)cc1-c1ccc(CN)c(Cl)c1. The quantitative estimate of drug-likeness (QED) is 0.913. The monoisotopic (exact) mass is 261 g/mol. The maximum absolute atomic E-state index is 6.19. The van der Waals surface area contributed by atoms with E-state index < -0.39 is 0 Å².